The second-order valence-electron chi connectivity index (χ2n) is 4.90. The third kappa shape index (κ3) is 2.99. The number of carboxylic acid groups (broad SMARTS) is 1. The summed E-state index contributed by atoms with van der Waals surface area (Å²) in [6.07, 6.45) is 0. The molecule has 1 fully saturated rings. The average molecular weight is 323 g/mol. The van der Waals surface area contributed by atoms with Crippen LogP contribution in [0.2, 0.25) is 5.02 Å². The van der Waals surface area contributed by atoms with Gasteiger partial charge in [-0.2, -0.15) is 0 Å². The molecule has 3 rings (SSSR count). The second kappa shape index (κ2) is 5.95. The largest absolute Gasteiger partial charge is 0.477 e. The maximum absolute atomic E-state index is 10.9. The van der Waals surface area contributed by atoms with Crippen molar-refractivity contribution in [1.29, 1.82) is 0 Å². The summed E-state index contributed by atoms with van der Waals surface area (Å²) >= 11 is 7.51. The van der Waals surface area contributed by atoms with E-state index >= 15 is 0 Å². The molecule has 0 unspecified atom stereocenters. The van der Waals surface area contributed by atoms with Crippen molar-refractivity contribution in [2.45, 2.75) is 0 Å². The van der Waals surface area contributed by atoms with Gasteiger partial charge in [0.05, 0.1) is 10.7 Å². The SMILES string of the molecule is O=C(O)c1cc(N2CCN(c3ccccc3Cl)CC2)cs1. The van der Waals surface area contributed by atoms with Crippen LogP contribution in [-0.2, 0) is 0 Å². The molecule has 0 aliphatic carbocycles. The number of para-hydroxylation sites is 1. The number of hydrogen-bond donors (Lipinski definition) is 1. The standard InChI is InChI=1S/C15H15ClN2O2S/c16-12-3-1-2-4-13(12)18-7-5-17(6-8-18)11-9-14(15(19)20)21-10-11/h1-4,9-10H,5-8H2,(H,19,20). The summed E-state index contributed by atoms with van der Waals surface area (Å²) in [6, 6.07) is 9.61. The fourth-order valence-electron chi connectivity index (χ4n) is 2.52. The minimum absolute atomic E-state index is 0.388. The first-order chi connectivity index (χ1) is 10.1. The van der Waals surface area contributed by atoms with E-state index in [1.807, 2.05) is 29.6 Å². The quantitative estimate of drug-likeness (QED) is 0.940. The number of carboxylic acids is 1. The molecule has 4 nitrogen and oxygen atoms in total. The minimum atomic E-state index is -0.860. The highest BCUT2D eigenvalue weighted by atomic mass is 35.5. The van der Waals surface area contributed by atoms with E-state index in [-0.39, 0.29) is 0 Å². The van der Waals surface area contributed by atoms with Crippen LogP contribution in [-0.4, -0.2) is 37.3 Å². The lowest BCUT2D eigenvalue weighted by molar-refractivity contribution is 0.0702. The van der Waals surface area contributed by atoms with Gasteiger partial charge >= 0.3 is 5.97 Å². The van der Waals surface area contributed by atoms with Gasteiger partial charge in [0.1, 0.15) is 4.88 Å². The van der Waals surface area contributed by atoms with Gasteiger partial charge in [-0.15, -0.1) is 11.3 Å². The number of rotatable bonds is 3. The molecule has 1 saturated heterocycles. The summed E-state index contributed by atoms with van der Waals surface area (Å²) in [6.45, 7) is 3.48. The molecule has 110 valence electrons. The van der Waals surface area contributed by atoms with E-state index in [2.05, 4.69) is 9.80 Å². The molecule has 0 bridgehead atoms. The molecule has 1 aliphatic rings. The van der Waals surface area contributed by atoms with Crippen LogP contribution in [0.15, 0.2) is 35.7 Å². The molecule has 6 heteroatoms. The summed E-state index contributed by atoms with van der Waals surface area (Å²) in [5.74, 6) is -0.860. The Balaban J connectivity index is 1.67. The maximum Gasteiger partial charge on any atom is 0.345 e. The van der Waals surface area contributed by atoms with E-state index in [1.54, 1.807) is 6.07 Å². The van der Waals surface area contributed by atoms with Crippen molar-refractivity contribution in [2.75, 3.05) is 36.0 Å². The average Bonchev–Trinajstić information content (AvgIpc) is 2.98. The Hall–Kier alpha value is -1.72. The molecule has 0 amide bonds. The van der Waals surface area contributed by atoms with Crippen LogP contribution >= 0.6 is 22.9 Å². The predicted molar refractivity (Wildman–Crippen MR) is 87.2 cm³/mol. The van der Waals surface area contributed by atoms with Crippen LogP contribution in [0.4, 0.5) is 11.4 Å². The molecule has 21 heavy (non-hydrogen) atoms. The molecule has 0 atom stereocenters. The number of halogens is 1. The monoisotopic (exact) mass is 322 g/mol. The van der Waals surface area contributed by atoms with Crippen LogP contribution in [0.5, 0.6) is 0 Å². The van der Waals surface area contributed by atoms with Crippen molar-refractivity contribution < 1.29 is 9.90 Å². The lowest BCUT2D eigenvalue weighted by Crippen LogP contribution is -2.46. The van der Waals surface area contributed by atoms with Crippen LogP contribution < -0.4 is 9.80 Å². The maximum atomic E-state index is 10.9. The first-order valence-electron chi connectivity index (χ1n) is 6.71. The number of piperazine rings is 1. The lowest BCUT2D eigenvalue weighted by atomic mass is 10.2. The molecule has 1 aromatic carbocycles. The number of thiophene rings is 1. The molecule has 0 spiro atoms. The zero-order valence-corrected chi connectivity index (χ0v) is 12.9. The van der Waals surface area contributed by atoms with Crippen molar-refractivity contribution in [3.63, 3.8) is 0 Å². The fourth-order valence-corrected chi connectivity index (χ4v) is 3.53. The van der Waals surface area contributed by atoms with Crippen molar-refractivity contribution in [3.8, 4) is 0 Å². The van der Waals surface area contributed by atoms with E-state index in [0.717, 1.165) is 42.6 Å². The highest BCUT2D eigenvalue weighted by Crippen LogP contribution is 2.28. The second-order valence-corrected chi connectivity index (χ2v) is 6.22. The van der Waals surface area contributed by atoms with Gasteiger partial charge in [0.15, 0.2) is 0 Å². The smallest absolute Gasteiger partial charge is 0.345 e. The summed E-state index contributed by atoms with van der Waals surface area (Å²) in [4.78, 5) is 15.8. The fraction of sp³-hybridized carbons (Fsp3) is 0.267. The number of carbonyl (C=O) groups is 1. The van der Waals surface area contributed by atoms with Crippen molar-refractivity contribution in [3.05, 3.63) is 45.6 Å². The van der Waals surface area contributed by atoms with Gasteiger partial charge < -0.3 is 14.9 Å². The Morgan fingerprint density at radius 3 is 2.43 bits per heavy atom. The van der Waals surface area contributed by atoms with Gasteiger partial charge in [-0.3, -0.25) is 0 Å². The zero-order valence-electron chi connectivity index (χ0n) is 11.3. The Morgan fingerprint density at radius 1 is 1.14 bits per heavy atom. The molecule has 1 aromatic heterocycles. The van der Waals surface area contributed by atoms with Gasteiger partial charge in [0, 0.05) is 37.2 Å². The summed E-state index contributed by atoms with van der Waals surface area (Å²) in [7, 11) is 0. The summed E-state index contributed by atoms with van der Waals surface area (Å²) < 4.78 is 0. The molecule has 2 aromatic rings. The third-order valence-electron chi connectivity index (χ3n) is 3.63. The van der Waals surface area contributed by atoms with Crippen LogP contribution in [0.25, 0.3) is 0 Å². The van der Waals surface area contributed by atoms with Crippen molar-refractivity contribution >= 4 is 40.3 Å². The number of aromatic carboxylic acids is 1. The highest BCUT2D eigenvalue weighted by molar-refractivity contribution is 7.12. The Morgan fingerprint density at radius 2 is 1.81 bits per heavy atom. The zero-order chi connectivity index (χ0) is 14.8. The van der Waals surface area contributed by atoms with Gasteiger partial charge in [0.25, 0.3) is 0 Å². The summed E-state index contributed by atoms with van der Waals surface area (Å²) in [5, 5.41) is 11.7. The Kier molecular flexibility index (Phi) is 4.03. The van der Waals surface area contributed by atoms with Gasteiger partial charge in [0.2, 0.25) is 0 Å². The molecular weight excluding hydrogens is 308 g/mol. The van der Waals surface area contributed by atoms with E-state index in [4.69, 9.17) is 16.7 Å². The van der Waals surface area contributed by atoms with E-state index in [0.29, 0.717) is 4.88 Å². The molecular formula is C15H15ClN2O2S. The van der Waals surface area contributed by atoms with Crippen LogP contribution in [0.1, 0.15) is 9.67 Å². The molecule has 2 heterocycles. The molecule has 1 N–H and O–H groups in total. The highest BCUT2D eigenvalue weighted by Gasteiger charge is 2.20. The van der Waals surface area contributed by atoms with Gasteiger partial charge in [-0.05, 0) is 18.2 Å². The minimum Gasteiger partial charge on any atom is -0.477 e. The van der Waals surface area contributed by atoms with Crippen molar-refractivity contribution in [2.24, 2.45) is 0 Å². The Bertz CT molecular complexity index is 651. The van der Waals surface area contributed by atoms with Gasteiger partial charge in [-0.25, -0.2) is 4.79 Å². The van der Waals surface area contributed by atoms with E-state index < -0.39 is 5.97 Å². The number of hydrogen-bond acceptors (Lipinski definition) is 4. The van der Waals surface area contributed by atoms with Crippen LogP contribution in [0, 0.1) is 0 Å². The topological polar surface area (TPSA) is 43.8 Å². The molecule has 0 radical (unpaired) electrons. The number of benzene rings is 1. The van der Waals surface area contributed by atoms with E-state index in [1.165, 1.54) is 11.3 Å². The first kappa shape index (κ1) is 14.2. The number of nitrogens with zero attached hydrogens (tertiary/aromatic N) is 2. The molecule has 0 saturated carbocycles. The van der Waals surface area contributed by atoms with Crippen molar-refractivity contribution in [1.82, 2.24) is 0 Å². The lowest BCUT2D eigenvalue weighted by Gasteiger charge is -2.37. The Labute approximate surface area is 132 Å². The normalized spacial score (nSPS) is 15.3. The van der Waals surface area contributed by atoms with Gasteiger partial charge in [-0.1, -0.05) is 23.7 Å². The molecule has 1 aliphatic heterocycles. The summed E-state index contributed by atoms with van der Waals surface area (Å²) in [5.41, 5.74) is 2.06. The predicted octanol–water partition coefficient (Wildman–Crippen LogP) is 3.43. The number of anilines is 2. The van der Waals surface area contributed by atoms with E-state index in [9.17, 15) is 4.79 Å². The van der Waals surface area contributed by atoms with Crippen LogP contribution in [0.3, 0.4) is 0 Å². The third-order valence-corrected chi connectivity index (χ3v) is 4.86. The first-order valence-corrected chi connectivity index (χ1v) is 7.97.